The van der Waals surface area contributed by atoms with Gasteiger partial charge in [0.2, 0.25) is 6.79 Å². The van der Waals surface area contributed by atoms with E-state index < -0.39 is 0 Å². The third kappa shape index (κ3) is 2.30. The van der Waals surface area contributed by atoms with E-state index in [0.29, 0.717) is 6.79 Å². The Bertz CT molecular complexity index is 870. The van der Waals surface area contributed by atoms with Crippen LogP contribution in [0.5, 0.6) is 11.5 Å². The molecule has 0 saturated heterocycles. The van der Waals surface area contributed by atoms with Crippen LogP contribution in [-0.2, 0) is 0 Å². The molecule has 0 fully saturated rings. The second-order valence-electron chi connectivity index (χ2n) is 4.88. The van der Waals surface area contributed by atoms with Gasteiger partial charge < -0.3 is 9.47 Å². The Hall–Kier alpha value is -2.92. The van der Waals surface area contributed by atoms with Crippen molar-refractivity contribution in [1.82, 2.24) is 0 Å². The summed E-state index contributed by atoms with van der Waals surface area (Å²) in [4.78, 5) is 0. The molecule has 0 unspecified atom stereocenters. The number of hydrogen-bond donors (Lipinski definition) is 0. The molecule has 0 amide bonds. The molecule has 1 aliphatic heterocycles. The molecule has 0 bridgehead atoms. The van der Waals surface area contributed by atoms with E-state index in [1.54, 1.807) is 0 Å². The molecule has 1 aliphatic rings. The van der Waals surface area contributed by atoms with Crippen molar-refractivity contribution < 1.29 is 9.47 Å². The molecular formula is C19H12O2. The molecule has 1 heterocycles. The van der Waals surface area contributed by atoms with Crippen molar-refractivity contribution in [2.24, 2.45) is 0 Å². The third-order valence-electron chi connectivity index (χ3n) is 3.46. The number of fused-ring (bicyclic) bond motifs is 2. The van der Waals surface area contributed by atoms with Crippen LogP contribution in [0.3, 0.4) is 0 Å². The van der Waals surface area contributed by atoms with E-state index in [-0.39, 0.29) is 0 Å². The van der Waals surface area contributed by atoms with Crippen LogP contribution >= 0.6 is 0 Å². The van der Waals surface area contributed by atoms with Gasteiger partial charge in [0.1, 0.15) is 0 Å². The van der Waals surface area contributed by atoms with Crippen molar-refractivity contribution in [3.05, 3.63) is 71.8 Å². The van der Waals surface area contributed by atoms with Gasteiger partial charge in [0.15, 0.2) is 11.5 Å². The lowest BCUT2D eigenvalue weighted by Crippen LogP contribution is -1.92. The van der Waals surface area contributed by atoms with Crippen molar-refractivity contribution >= 4 is 10.8 Å². The van der Waals surface area contributed by atoms with Gasteiger partial charge in [-0.25, -0.2) is 0 Å². The lowest BCUT2D eigenvalue weighted by Gasteiger charge is -2.01. The molecule has 0 saturated carbocycles. The maximum atomic E-state index is 5.42. The van der Waals surface area contributed by atoms with E-state index in [2.05, 4.69) is 24.0 Å². The minimum Gasteiger partial charge on any atom is -0.454 e. The molecule has 0 N–H and O–H groups in total. The summed E-state index contributed by atoms with van der Waals surface area (Å²) in [7, 11) is 0. The smallest absolute Gasteiger partial charge is 0.231 e. The SMILES string of the molecule is C(#Cc1ccc2cc3c(cc2c1)OCO3)c1ccccc1. The monoisotopic (exact) mass is 272 g/mol. The number of hydrogen-bond acceptors (Lipinski definition) is 2. The van der Waals surface area contributed by atoms with E-state index in [9.17, 15) is 0 Å². The molecule has 0 aliphatic carbocycles. The van der Waals surface area contributed by atoms with Gasteiger partial charge in [0.05, 0.1) is 0 Å². The van der Waals surface area contributed by atoms with Crippen LogP contribution in [0.2, 0.25) is 0 Å². The molecule has 0 spiro atoms. The van der Waals surface area contributed by atoms with E-state index >= 15 is 0 Å². The van der Waals surface area contributed by atoms with Gasteiger partial charge in [-0.05, 0) is 47.2 Å². The summed E-state index contributed by atoms with van der Waals surface area (Å²) in [6, 6.07) is 20.2. The normalized spacial score (nSPS) is 12.0. The maximum Gasteiger partial charge on any atom is 0.231 e. The summed E-state index contributed by atoms with van der Waals surface area (Å²) in [6.45, 7) is 0.298. The Morgan fingerprint density at radius 2 is 1.38 bits per heavy atom. The van der Waals surface area contributed by atoms with E-state index in [0.717, 1.165) is 33.4 Å². The molecule has 0 aromatic heterocycles. The van der Waals surface area contributed by atoms with Gasteiger partial charge in [0.25, 0.3) is 0 Å². The van der Waals surface area contributed by atoms with Crippen molar-refractivity contribution in [2.45, 2.75) is 0 Å². The van der Waals surface area contributed by atoms with E-state index in [1.807, 2.05) is 48.5 Å². The predicted molar refractivity (Wildman–Crippen MR) is 82.5 cm³/mol. The van der Waals surface area contributed by atoms with Crippen molar-refractivity contribution in [2.75, 3.05) is 6.79 Å². The summed E-state index contributed by atoms with van der Waals surface area (Å²) in [5, 5.41) is 2.24. The molecule has 0 radical (unpaired) electrons. The first kappa shape index (κ1) is 11.9. The lowest BCUT2D eigenvalue weighted by atomic mass is 10.1. The van der Waals surface area contributed by atoms with E-state index in [4.69, 9.17) is 9.47 Å². The van der Waals surface area contributed by atoms with Crippen LogP contribution in [0.25, 0.3) is 10.8 Å². The largest absolute Gasteiger partial charge is 0.454 e. The van der Waals surface area contributed by atoms with Crippen molar-refractivity contribution in [3.63, 3.8) is 0 Å². The zero-order chi connectivity index (χ0) is 14.1. The number of benzene rings is 3. The highest BCUT2D eigenvalue weighted by Crippen LogP contribution is 2.36. The molecule has 4 rings (SSSR count). The standard InChI is InChI=1S/C19H12O2/c1-2-4-14(5-3-1)6-7-15-8-9-16-11-18-19(21-13-20-18)12-17(16)10-15/h1-5,8-12H,13H2. The van der Waals surface area contributed by atoms with E-state index in [1.165, 1.54) is 0 Å². The molecule has 2 nitrogen and oxygen atoms in total. The van der Waals surface area contributed by atoms with Crippen LogP contribution in [0, 0.1) is 11.8 Å². The summed E-state index contributed by atoms with van der Waals surface area (Å²) < 4.78 is 10.8. The molecule has 3 aromatic carbocycles. The van der Waals surface area contributed by atoms with Gasteiger partial charge in [-0.2, -0.15) is 0 Å². The minimum atomic E-state index is 0.298. The van der Waals surface area contributed by atoms with Gasteiger partial charge >= 0.3 is 0 Å². The summed E-state index contributed by atoms with van der Waals surface area (Å²) in [6.07, 6.45) is 0. The average Bonchev–Trinajstić information content (AvgIpc) is 2.98. The second kappa shape index (κ2) is 4.88. The Morgan fingerprint density at radius 1 is 0.667 bits per heavy atom. The van der Waals surface area contributed by atoms with Crippen LogP contribution in [0.4, 0.5) is 0 Å². The zero-order valence-electron chi connectivity index (χ0n) is 11.3. The summed E-state index contributed by atoms with van der Waals surface area (Å²) >= 11 is 0. The topological polar surface area (TPSA) is 18.5 Å². The fourth-order valence-corrected chi connectivity index (χ4v) is 2.38. The van der Waals surface area contributed by atoms with Gasteiger partial charge in [-0.3, -0.25) is 0 Å². The molecule has 0 atom stereocenters. The summed E-state index contributed by atoms with van der Waals surface area (Å²) in [5.74, 6) is 7.98. The first-order valence-electron chi connectivity index (χ1n) is 6.79. The Labute approximate surface area is 122 Å². The molecular weight excluding hydrogens is 260 g/mol. The Balaban J connectivity index is 1.74. The highest BCUT2D eigenvalue weighted by molar-refractivity contribution is 5.87. The van der Waals surface area contributed by atoms with Crippen LogP contribution in [0.15, 0.2) is 60.7 Å². The number of ether oxygens (including phenoxy) is 2. The summed E-state index contributed by atoms with van der Waals surface area (Å²) in [5.41, 5.74) is 2.01. The Morgan fingerprint density at radius 3 is 2.19 bits per heavy atom. The first-order valence-corrected chi connectivity index (χ1v) is 6.79. The first-order chi connectivity index (χ1) is 10.4. The zero-order valence-corrected chi connectivity index (χ0v) is 11.3. The maximum absolute atomic E-state index is 5.42. The number of rotatable bonds is 0. The van der Waals surface area contributed by atoms with Gasteiger partial charge in [-0.1, -0.05) is 36.1 Å². The van der Waals surface area contributed by atoms with Crippen LogP contribution in [-0.4, -0.2) is 6.79 Å². The highest BCUT2D eigenvalue weighted by Gasteiger charge is 2.13. The van der Waals surface area contributed by atoms with Crippen LogP contribution < -0.4 is 9.47 Å². The van der Waals surface area contributed by atoms with Crippen molar-refractivity contribution in [3.8, 4) is 23.3 Å². The molecule has 2 heteroatoms. The molecule has 3 aromatic rings. The van der Waals surface area contributed by atoms with Crippen molar-refractivity contribution in [1.29, 1.82) is 0 Å². The highest BCUT2D eigenvalue weighted by atomic mass is 16.7. The van der Waals surface area contributed by atoms with Gasteiger partial charge in [0, 0.05) is 11.1 Å². The third-order valence-corrected chi connectivity index (χ3v) is 3.46. The lowest BCUT2D eigenvalue weighted by molar-refractivity contribution is 0.174. The average molecular weight is 272 g/mol. The molecule has 21 heavy (non-hydrogen) atoms. The second-order valence-corrected chi connectivity index (χ2v) is 4.88. The minimum absolute atomic E-state index is 0.298. The predicted octanol–water partition coefficient (Wildman–Crippen LogP) is 3.97. The fraction of sp³-hybridized carbons (Fsp3) is 0.0526. The Kier molecular flexibility index (Phi) is 2.76. The van der Waals surface area contributed by atoms with Gasteiger partial charge in [-0.15, -0.1) is 0 Å². The quantitative estimate of drug-likeness (QED) is 0.576. The molecule has 100 valence electrons. The van der Waals surface area contributed by atoms with Crippen LogP contribution in [0.1, 0.15) is 11.1 Å². The fourth-order valence-electron chi connectivity index (χ4n) is 2.38.